The molecule has 0 fully saturated rings. The van der Waals surface area contributed by atoms with Crippen molar-refractivity contribution in [2.24, 2.45) is 0 Å². The van der Waals surface area contributed by atoms with Crippen LogP contribution in [0.2, 0.25) is 15.1 Å². The molecule has 2 aromatic carbocycles. The van der Waals surface area contributed by atoms with Crippen LogP contribution in [0.1, 0.15) is 11.6 Å². The van der Waals surface area contributed by atoms with E-state index in [1.807, 2.05) is 60.1 Å². The summed E-state index contributed by atoms with van der Waals surface area (Å²) in [6.45, 7) is 1.66. The zero-order valence-electron chi connectivity index (χ0n) is 17.8. The molecule has 5 aromatic rings. The van der Waals surface area contributed by atoms with Gasteiger partial charge in [-0.15, -0.1) is 0 Å². The Hall–Kier alpha value is -2.94. The summed E-state index contributed by atoms with van der Waals surface area (Å²) in [6.07, 6.45) is 1.61. The first-order valence-corrected chi connectivity index (χ1v) is 11.5. The Balaban J connectivity index is 1.53. The molecule has 8 nitrogen and oxygen atoms in total. The summed E-state index contributed by atoms with van der Waals surface area (Å²) in [5.41, 5.74) is 4.05. The second-order valence-corrected chi connectivity index (χ2v) is 9.50. The molecule has 4 heterocycles. The van der Waals surface area contributed by atoms with E-state index < -0.39 is 0 Å². The predicted octanol–water partition coefficient (Wildman–Crippen LogP) is 4.84. The van der Waals surface area contributed by atoms with Gasteiger partial charge in [-0.05, 0) is 42.5 Å². The van der Waals surface area contributed by atoms with Crippen LogP contribution in [0.3, 0.4) is 0 Å². The van der Waals surface area contributed by atoms with Gasteiger partial charge in [-0.25, -0.2) is 15.0 Å². The van der Waals surface area contributed by atoms with E-state index in [4.69, 9.17) is 39.8 Å². The van der Waals surface area contributed by atoms with E-state index in [-0.39, 0.29) is 5.92 Å². The molecule has 0 amide bonds. The number of nitrogens with zero attached hydrogens (tertiary/aromatic N) is 8. The lowest BCUT2D eigenvalue weighted by atomic mass is 10.1. The fourth-order valence-corrected chi connectivity index (χ4v) is 5.06. The molecule has 0 unspecified atom stereocenters. The number of hydrogen-bond acceptors (Lipinski definition) is 4. The topological polar surface area (TPSA) is 61.6 Å². The van der Waals surface area contributed by atoms with Crippen LogP contribution in [-0.2, 0) is 13.1 Å². The number of rotatable bonds is 4. The highest BCUT2D eigenvalue weighted by Crippen LogP contribution is 2.37. The van der Waals surface area contributed by atoms with Crippen molar-refractivity contribution in [1.82, 2.24) is 34.0 Å². The zero-order valence-corrected chi connectivity index (χ0v) is 20.1. The van der Waals surface area contributed by atoms with Crippen LogP contribution in [0.4, 0.5) is 0 Å². The van der Waals surface area contributed by atoms with Gasteiger partial charge >= 0.3 is 0 Å². The molecule has 0 saturated carbocycles. The van der Waals surface area contributed by atoms with Crippen LogP contribution in [0.25, 0.3) is 28.2 Å². The summed E-state index contributed by atoms with van der Waals surface area (Å²) in [7, 11) is 4.04. The second kappa shape index (κ2) is 7.55. The number of halogens is 3. The second-order valence-electron chi connectivity index (χ2n) is 8.22. The number of fused-ring (bicyclic) bond motifs is 2. The zero-order chi connectivity index (χ0) is 22.9. The standard InChI is InChI=1S/C22H19Cl3N8/c1-29(2)33-30-10-13(11-31(30)33)19-20-22(27-12-26-19)32(16-6-3-14(23)4-7-16)21(28-20)17-8-5-15(24)9-18(17)25/h3-9,12-13H,10-11H2,1-2H3. The molecular weight excluding hydrogens is 483 g/mol. The van der Waals surface area contributed by atoms with E-state index in [0.717, 1.165) is 41.2 Å². The van der Waals surface area contributed by atoms with Crippen LogP contribution in [-0.4, -0.2) is 48.1 Å². The Morgan fingerprint density at radius 1 is 0.909 bits per heavy atom. The maximum Gasteiger partial charge on any atom is 0.168 e. The van der Waals surface area contributed by atoms with Gasteiger partial charge in [0.15, 0.2) is 5.65 Å². The van der Waals surface area contributed by atoms with Gasteiger partial charge in [0, 0.05) is 41.3 Å². The number of benzene rings is 2. The molecular formula is C22H19Cl3N8. The third kappa shape index (κ3) is 3.32. The quantitative estimate of drug-likeness (QED) is 0.353. The summed E-state index contributed by atoms with van der Waals surface area (Å²) in [5, 5.41) is 3.78. The van der Waals surface area contributed by atoms with Crippen molar-refractivity contribution in [3.63, 3.8) is 0 Å². The molecule has 33 heavy (non-hydrogen) atoms. The SMILES string of the molecule is CN(C)n1n2n1CC(c1ncnc3c1nc(-c1ccc(Cl)cc1Cl)n3-c1ccc(Cl)cc1)C2. The molecule has 0 saturated heterocycles. The minimum Gasteiger partial charge on any atom is -0.287 e. The fourth-order valence-electron chi connectivity index (χ4n) is 4.44. The molecule has 0 atom stereocenters. The average Bonchev–Trinajstić information content (AvgIpc) is 3.11. The lowest BCUT2D eigenvalue weighted by Gasteiger charge is -2.13. The molecule has 6 rings (SSSR count). The van der Waals surface area contributed by atoms with Crippen molar-refractivity contribution in [2.45, 2.75) is 19.0 Å². The van der Waals surface area contributed by atoms with Crippen molar-refractivity contribution in [3.05, 3.63) is 69.6 Å². The average molecular weight is 502 g/mol. The number of aromatic nitrogens is 7. The molecule has 0 spiro atoms. The Labute approximate surface area is 204 Å². The van der Waals surface area contributed by atoms with Gasteiger partial charge in [0.1, 0.15) is 17.7 Å². The smallest absolute Gasteiger partial charge is 0.168 e. The van der Waals surface area contributed by atoms with Crippen LogP contribution >= 0.6 is 34.8 Å². The van der Waals surface area contributed by atoms with Crippen molar-refractivity contribution < 1.29 is 0 Å². The van der Waals surface area contributed by atoms with Gasteiger partial charge in [-0.3, -0.25) is 9.58 Å². The molecule has 3 aromatic heterocycles. The Bertz CT molecular complexity index is 1470. The minimum absolute atomic E-state index is 0.203. The third-order valence-corrected chi connectivity index (χ3v) is 6.69. The highest BCUT2D eigenvalue weighted by atomic mass is 35.5. The van der Waals surface area contributed by atoms with Crippen molar-refractivity contribution in [3.8, 4) is 17.1 Å². The molecule has 1 aliphatic rings. The lowest BCUT2D eigenvalue weighted by Crippen LogP contribution is -2.26. The fraction of sp³-hybridized carbons (Fsp3) is 0.227. The van der Waals surface area contributed by atoms with E-state index in [1.54, 1.807) is 12.4 Å². The Kier molecular flexibility index (Phi) is 4.72. The first-order valence-electron chi connectivity index (χ1n) is 10.4. The number of imidazole rings is 1. The van der Waals surface area contributed by atoms with Gasteiger partial charge in [0.05, 0.1) is 23.8 Å². The van der Waals surface area contributed by atoms with Crippen molar-refractivity contribution in [2.75, 3.05) is 19.1 Å². The predicted molar refractivity (Wildman–Crippen MR) is 130 cm³/mol. The van der Waals surface area contributed by atoms with Crippen LogP contribution in [0.5, 0.6) is 0 Å². The summed E-state index contributed by atoms with van der Waals surface area (Å²) in [5.74, 6) is 0.878. The molecule has 0 bridgehead atoms. The minimum atomic E-state index is 0.203. The van der Waals surface area contributed by atoms with Crippen LogP contribution in [0, 0.1) is 0 Å². The van der Waals surface area contributed by atoms with Crippen molar-refractivity contribution >= 4 is 46.0 Å². The van der Waals surface area contributed by atoms with E-state index in [9.17, 15) is 0 Å². The van der Waals surface area contributed by atoms with Crippen LogP contribution < -0.4 is 5.01 Å². The van der Waals surface area contributed by atoms with Gasteiger partial charge in [0.2, 0.25) is 0 Å². The van der Waals surface area contributed by atoms with E-state index in [0.29, 0.717) is 20.9 Å². The van der Waals surface area contributed by atoms with Gasteiger partial charge < -0.3 is 0 Å². The third-order valence-electron chi connectivity index (χ3n) is 5.89. The Morgan fingerprint density at radius 3 is 2.27 bits per heavy atom. The number of hydrogen-bond donors (Lipinski definition) is 0. The molecule has 0 radical (unpaired) electrons. The lowest BCUT2D eigenvalue weighted by molar-refractivity contribution is 0.485. The summed E-state index contributed by atoms with van der Waals surface area (Å²) < 4.78 is 1.99. The molecule has 168 valence electrons. The van der Waals surface area contributed by atoms with Gasteiger partial charge in [-0.1, -0.05) is 39.7 Å². The van der Waals surface area contributed by atoms with E-state index in [1.165, 1.54) is 0 Å². The highest BCUT2D eigenvalue weighted by molar-refractivity contribution is 6.36. The highest BCUT2D eigenvalue weighted by Gasteiger charge is 2.36. The van der Waals surface area contributed by atoms with Crippen LogP contribution in [0.15, 0.2) is 48.8 Å². The molecule has 0 N–H and O–H groups in total. The monoisotopic (exact) mass is 500 g/mol. The van der Waals surface area contributed by atoms with E-state index in [2.05, 4.69) is 24.5 Å². The van der Waals surface area contributed by atoms with Gasteiger partial charge in [0.25, 0.3) is 0 Å². The summed E-state index contributed by atoms with van der Waals surface area (Å²) in [4.78, 5) is 20.8. The maximum absolute atomic E-state index is 6.60. The summed E-state index contributed by atoms with van der Waals surface area (Å²) in [6, 6.07) is 13.0. The summed E-state index contributed by atoms with van der Waals surface area (Å²) >= 11 is 18.9. The normalized spacial score (nSPS) is 13.8. The first kappa shape index (κ1) is 20.7. The first-order chi connectivity index (χ1) is 15.9. The molecule has 11 heteroatoms. The Morgan fingerprint density at radius 2 is 1.61 bits per heavy atom. The van der Waals surface area contributed by atoms with Crippen molar-refractivity contribution in [1.29, 1.82) is 0 Å². The maximum atomic E-state index is 6.60. The largest absolute Gasteiger partial charge is 0.287 e. The van der Waals surface area contributed by atoms with Gasteiger partial charge in [-0.2, -0.15) is 9.59 Å². The molecule has 1 aliphatic heterocycles. The van der Waals surface area contributed by atoms with E-state index >= 15 is 0 Å². The molecule has 0 aliphatic carbocycles.